The number of hydrogen-bond acceptors (Lipinski definition) is 6. The van der Waals surface area contributed by atoms with Crippen LogP contribution >= 0.6 is 0 Å². The van der Waals surface area contributed by atoms with Gasteiger partial charge in [0.1, 0.15) is 6.10 Å². The Balaban J connectivity index is 2.05. The molecule has 0 bridgehead atoms. The van der Waals surface area contributed by atoms with Gasteiger partial charge in [-0.2, -0.15) is 0 Å². The Hall–Kier alpha value is -1.59. The third-order valence-corrected chi connectivity index (χ3v) is 5.75. The van der Waals surface area contributed by atoms with Crippen molar-refractivity contribution in [3.63, 3.8) is 0 Å². The molecule has 4 atom stereocenters. The third kappa shape index (κ3) is 2.03. The Kier molecular flexibility index (Phi) is 3.87. The molecule has 0 spiro atoms. The molecule has 1 heterocycles. The Labute approximate surface area is 129 Å². The molecule has 0 aromatic rings. The molecule has 0 amide bonds. The van der Waals surface area contributed by atoms with Gasteiger partial charge in [-0.1, -0.05) is 6.42 Å². The number of fused-ring (bicyclic) bond motifs is 3. The lowest BCUT2D eigenvalue weighted by atomic mass is 9.70. The van der Waals surface area contributed by atoms with Crippen molar-refractivity contribution >= 4 is 17.9 Å². The van der Waals surface area contributed by atoms with Crippen LogP contribution in [0.2, 0.25) is 0 Å². The van der Waals surface area contributed by atoms with E-state index >= 15 is 0 Å². The summed E-state index contributed by atoms with van der Waals surface area (Å²) >= 11 is 0. The molecule has 22 heavy (non-hydrogen) atoms. The number of ether oxygens (including phenoxy) is 3. The van der Waals surface area contributed by atoms with E-state index in [2.05, 4.69) is 0 Å². The van der Waals surface area contributed by atoms with Crippen LogP contribution in [0, 0.1) is 23.2 Å². The summed E-state index contributed by atoms with van der Waals surface area (Å²) < 4.78 is 15.4. The van der Waals surface area contributed by atoms with Crippen LogP contribution in [0.4, 0.5) is 0 Å². The zero-order chi connectivity index (χ0) is 15.9. The fourth-order valence-electron chi connectivity index (χ4n) is 4.86. The largest absolute Gasteiger partial charge is 0.468 e. The summed E-state index contributed by atoms with van der Waals surface area (Å²) in [6.45, 7) is 0. The normalized spacial score (nSPS) is 35.8. The summed E-state index contributed by atoms with van der Waals surface area (Å²) in [6, 6.07) is 0. The topological polar surface area (TPSA) is 78.9 Å². The zero-order valence-corrected chi connectivity index (χ0v) is 13.0. The minimum atomic E-state index is -1.33. The Bertz CT molecular complexity index is 483. The summed E-state index contributed by atoms with van der Waals surface area (Å²) in [6.07, 6.45) is 4.02. The lowest BCUT2D eigenvalue weighted by Crippen LogP contribution is -2.50. The monoisotopic (exact) mass is 310 g/mol. The van der Waals surface area contributed by atoms with Crippen LogP contribution in [0.3, 0.4) is 0 Å². The Morgan fingerprint density at radius 2 is 1.73 bits per heavy atom. The highest BCUT2D eigenvalue weighted by Gasteiger charge is 2.65. The minimum absolute atomic E-state index is 0.0919. The van der Waals surface area contributed by atoms with Crippen LogP contribution in [0.5, 0.6) is 0 Å². The first kappa shape index (κ1) is 15.3. The van der Waals surface area contributed by atoms with Gasteiger partial charge in [-0.15, -0.1) is 0 Å². The van der Waals surface area contributed by atoms with Crippen LogP contribution in [0.15, 0.2) is 0 Å². The van der Waals surface area contributed by atoms with Gasteiger partial charge in [-0.25, -0.2) is 0 Å². The van der Waals surface area contributed by atoms with Crippen molar-refractivity contribution in [3.05, 3.63) is 0 Å². The molecule has 0 unspecified atom stereocenters. The fourth-order valence-corrected chi connectivity index (χ4v) is 4.86. The zero-order valence-electron chi connectivity index (χ0n) is 13.0. The smallest absolute Gasteiger partial charge is 0.323 e. The molecular weight excluding hydrogens is 288 g/mol. The van der Waals surface area contributed by atoms with Crippen LogP contribution in [0.1, 0.15) is 38.5 Å². The average Bonchev–Trinajstić information content (AvgIpc) is 3.02. The van der Waals surface area contributed by atoms with E-state index in [4.69, 9.17) is 14.2 Å². The number of carbonyl (C=O) groups excluding carboxylic acids is 3. The number of esters is 3. The highest BCUT2D eigenvalue weighted by atomic mass is 16.6. The van der Waals surface area contributed by atoms with Crippen molar-refractivity contribution in [2.45, 2.75) is 44.6 Å². The molecule has 6 nitrogen and oxygen atoms in total. The molecule has 0 radical (unpaired) electrons. The SMILES string of the molecule is COC(=O)C1(C(=O)OC)CC[C@H]2CCC[C@H]3CC(=O)O[C@H]3[C@@H]21. The van der Waals surface area contributed by atoms with Gasteiger partial charge in [0.2, 0.25) is 0 Å². The summed E-state index contributed by atoms with van der Waals surface area (Å²) in [7, 11) is 2.57. The number of rotatable bonds is 2. The first-order valence-corrected chi connectivity index (χ1v) is 7.91. The van der Waals surface area contributed by atoms with E-state index in [0.29, 0.717) is 12.8 Å². The maximum Gasteiger partial charge on any atom is 0.323 e. The van der Waals surface area contributed by atoms with E-state index in [9.17, 15) is 14.4 Å². The van der Waals surface area contributed by atoms with E-state index < -0.39 is 17.4 Å². The Morgan fingerprint density at radius 1 is 1.09 bits per heavy atom. The van der Waals surface area contributed by atoms with Gasteiger partial charge < -0.3 is 14.2 Å². The molecule has 0 aromatic carbocycles. The van der Waals surface area contributed by atoms with E-state index in [1.807, 2.05) is 0 Å². The quantitative estimate of drug-likeness (QED) is 0.436. The molecule has 2 aliphatic carbocycles. The van der Waals surface area contributed by atoms with Crippen molar-refractivity contribution in [2.24, 2.45) is 23.2 Å². The van der Waals surface area contributed by atoms with Gasteiger partial charge in [0.15, 0.2) is 5.41 Å². The second-order valence-corrected chi connectivity index (χ2v) is 6.63. The second kappa shape index (κ2) is 5.56. The molecule has 2 saturated carbocycles. The third-order valence-electron chi connectivity index (χ3n) is 5.75. The number of hydrogen-bond donors (Lipinski definition) is 0. The van der Waals surface area contributed by atoms with Crippen molar-refractivity contribution in [1.29, 1.82) is 0 Å². The molecule has 1 aliphatic heterocycles. The molecule has 0 N–H and O–H groups in total. The predicted octanol–water partition coefficient (Wildman–Crippen LogP) is 1.46. The minimum Gasteiger partial charge on any atom is -0.468 e. The van der Waals surface area contributed by atoms with Gasteiger partial charge in [0.05, 0.1) is 20.6 Å². The highest BCUT2D eigenvalue weighted by molar-refractivity contribution is 6.01. The maximum absolute atomic E-state index is 12.5. The molecule has 0 aromatic heterocycles. The first-order valence-electron chi connectivity index (χ1n) is 7.91. The molecule has 3 fully saturated rings. The van der Waals surface area contributed by atoms with E-state index in [-0.39, 0.29) is 29.8 Å². The fraction of sp³-hybridized carbons (Fsp3) is 0.812. The molecule has 3 rings (SSSR count). The Morgan fingerprint density at radius 3 is 2.36 bits per heavy atom. The maximum atomic E-state index is 12.5. The van der Waals surface area contributed by atoms with Crippen molar-refractivity contribution in [3.8, 4) is 0 Å². The highest BCUT2D eigenvalue weighted by Crippen LogP contribution is 2.57. The summed E-state index contributed by atoms with van der Waals surface area (Å²) in [5.41, 5.74) is -1.33. The van der Waals surface area contributed by atoms with E-state index in [1.54, 1.807) is 0 Å². The predicted molar refractivity (Wildman–Crippen MR) is 74.5 cm³/mol. The van der Waals surface area contributed by atoms with E-state index in [0.717, 1.165) is 25.7 Å². The van der Waals surface area contributed by atoms with Gasteiger partial charge in [-0.3, -0.25) is 14.4 Å². The molecule has 122 valence electrons. The molecule has 6 heteroatoms. The van der Waals surface area contributed by atoms with Gasteiger partial charge in [0, 0.05) is 11.8 Å². The number of methoxy groups -OCH3 is 2. The summed E-state index contributed by atoms with van der Waals surface area (Å²) in [5, 5.41) is 0. The standard InChI is InChI=1S/C16H22O6/c1-20-14(18)16(15(19)21-2)7-6-9-4-3-5-10-8-11(17)22-13(10)12(9)16/h9-10,12-13H,3-8H2,1-2H3/t9-,10+,12-,13-/m1/s1. The van der Waals surface area contributed by atoms with E-state index in [1.165, 1.54) is 14.2 Å². The number of carbonyl (C=O) groups is 3. The van der Waals surface area contributed by atoms with Gasteiger partial charge >= 0.3 is 17.9 Å². The summed E-state index contributed by atoms with van der Waals surface area (Å²) in [4.78, 5) is 36.8. The van der Waals surface area contributed by atoms with Gasteiger partial charge in [-0.05, 0) is 31.6 Å². The first-order chi connectivity index (χ1) is 10.5. The van der Waals surface area contributed by atoms with Crippen LogP contribution in [-0.4, -0.2) is 38.2 Å². The van der Waals surface area contributed by atoms with Crippen LogP contribution in [-0.2, 0) is 28.6 Å². The molecule has 1 saturated heterocycles. The van der Waals surface area contributed by atoms with Crippen molar-refractivity contribution in [2.75, 3.05) is 14.2 Å². The average molecular weight is 310 g/mol. The molecular formula is C16H22O6. The second-order valence-electron chi connectivity index (χ2n) is 6.63. The van der Waals surface area contributed by atoms with Gasteiger partial charge in [0.25, 0.3) is 0 Å². The lowest BCUT2D eigenvalue weighted by Gasteiger charge is -2.36. The lowest BCUT2D eigenvalue weighted by molar-refractivity contribution is -0.179. The van der Waals surface area contributed by atoms with Crippen LogP contribution < -0.4 is 0 Å². The van der Waals surface area contributed by atoms with Crippen LogP contribution in [0.25, 0.3) is 0 Å². The summed E-state index contributed by atoms with van der Waals surface area (Å²) in [5.74, 6) is -1.39. The van der Waals surface area contributed by atoms with Crippen molar-refractivity contribution in [1.82, 2.24) is 0 Å². The van der Waals surface area contributed by atoms with Crippen molar-refractivity contribution < 1.29 is 28.6 Å². The molecule has 3 aliphatic rings.